The molecular formula is C20H32O2. The number of aliphatic carboxylic acids is 1. The number of rotatable bonds is 4. The van der Waals surface area contributed by atoms with E-state index in [4.69, 9.17) is 0 Å². The molecule has 0 spiro atoms. The van der Waals surface area contributed by atoms with Gasteiger partial charge in [-0.2, -0.15) is 0 Å². The van der Waals surface area contributed by atoms with Crippen LogP contribution in [-0.2, 0) is 4.79 Å². The summed E-state index contributed by atoms with van der Waals surface area (Å²) in [7, 11) is 0. The van der Waals surface area contributed by atoms with Gasteiger partial charge in [0.1, 0.15) is 0 Å². The maximum Gasteiger partial charge on any atom is 0.331 e. The number of fused-ring (bicyclic) bond motifs is 2. The highest BCUT2D eigenvalue weighted by molar-refractivity contribution is 5.86. The van der Waals surface area contributed by atoms with Crippen LogP contribution < -0.4 is 0 Å². The molecule has 0 aliphatic heterocycles. The van der Waals surface area contributed by atoms with Crippen molar-refractivity contribution in [3.63, 3.8) is 0 Å². The number of carboxylic acids is 1. The smallest absolute Gasteiger partial charge is 0.331 e. The third-order valence-electron chi connectivity index (χ3n) is 7.80. The SMILES string of the molecule is CC1(C)C2CCC1(C)C(CC(=CC1CCCCC1)C(=O)O)C2. The highest BCUT2D eigenvalue weighted by atomic mass is 16.4. The van der Waals surface area contributed by atoms with Crippen LogP contribution in [0.5, 0.6) is 0 Å². The van der Waals surface area contributed by atoms with E-state index in [1.165, 1.54) is 51.4 Å². The number of carbonyl (C=O) groups is 1. The lowest BCUT2D eigenvalue weighted by molar-refractivity contribution is -0.133. The monoisotopic (exact) mass is 304 g/mol. The first kappa shape index (κ1) is 16.1. The largest absolute Gasteiger partial charge is 0.478 e. The van der Waals surface area contributed by atoms with Gasteiger partial charge in [0.2, 0.25) is 0 Å². The summed E-state index contributed by atoms with van der Waals surface area (Å²) in [4.78, 5) is 11.8. The molecule has 3 atom stereocenters. The molecule has 3 fully saturated rings. The van der Waals surface area contributed by atoms with Crippen molar-refractivity contribution < 1.29 is 9.90 Å². The number of allylic oxidation sites excluding steroid dienone is 1. The minimum Gasteiger partial charge on any atom is -0.478 e. The zero-order valence-electron chi connectivity index (χ0n) is 14.5. The van der Waals surface area contributed by atoms with Crippen molar-refractivity contribution in [3.8, 4) is 0 Å². The van der Waals surface area contributed by atoms with Gasteiger partial charge in [-0.1, -0.05) is 46.1 Å². The van der Waals surface area contributed by atoms with Crippen molar-refractivity contribution in [2.75, 3.05) is 0 Å². The Morgan fingerprint density at radius 1 is 1.14 bits per heavy atom. The van der Waals surface area contributed by atoms with Gasteiger partial charge in [0.15, 0.2) is 0 Å². The van der Waals surface area contributed by atoms with Crippen molar-refractivity contribution >= 4 is 5.97 Å². The molecule has 124 valence electrons. The highest BCUT2D eigenvalue weighted by Gasteiger charge is 2.60. The van der Waals surface area contributed by atoms with Crippen LogP contribution in [0.4, 0.5) is 0 Å². The number of carboxylic acid groups (broad SMARTS) is 1. The summed E-state index contributed by atoms with van der Waals surface area (Å²) in [6.45, 7) is 7.25. The molecule has 0 saturated heterocycles. The zero-order valence-corrected chi connectivity index (χ0v) is 14.5. The summed E-state index contributed by atoms with van der Waals surface area (Å²) >= 11 is 0. The molecule has 3 aliphatic rings. The van der Waals surface area contributed by atoms with Gasteiger partial charge in [0, 0.05) is 5.57 Å². The molecule has 2 nitrogen and oxygen atoms in total. The highest BCUT2D eigenvalue weighted by Crippen LogP contribution is 2.69. The molecule has 0 aromatic carbocycles. The van der Waals surface area contributed by atoms with Crippen molar-refractivity contribution in [2.45, 2.75) is 78.6 Å². The Morgan fingerprint density at radius 3 is 2.32 bits per heavy atom. The van der Waals surface area contributed by atoms with Crippen molar-refractivity contribution in [1.29, 1.82) is 0 Å². The summed E-state index contributed by atoms with van der Waals surface area (Å²) in [6, 6.07) is 0. The second-order valence-electron chi connectivity index (χ2n) is 8.91. The first-order chi connectivity index (χ1) is 10.3. The fraction of sp³-hybridized carbons (Fsp3) is 0.850. The zero-order chi connectivity index (χ0) is 16.0. The van der Waals surface area contributed by atoms with Crippen molar-refractivity contribution in [3.05, 3.63) is 11.6 Å². The van der Waals surface area contributed by atoms with Crippen LogP contribution in [0.3, 0.4) is 0 Å². The Morgan fingerprint density at radius 2 is 1.82 bits per heavy atom. The van der Waals surface area contributed by atoms with Gasteiger partial charge < -0.3 is 5.11 Å². The molecular weight excluding hydrogens is 272 g/mol. The first-order valence-electron chi connectivity index (χ1n) is 9.28. The van der Waals surface area contributed by atoms with Gasteiger partial charge in [0.25, 0.3) is 0 Å². The Bertz CT molecular complexity index is 470. The van der Waals surface area contributed by atoms with Gasteiger partial charge in [0.05, 0.1) is 0 Å². The van der Waals surface area contributed by atoms with Gasteiger partial charge in [-0.25, -0.2) is 4.79 Å². The average Bonchev–Trinajstić information content (AvgIpc) is 2.81. The van der Waals surface area contributed by atoms with E-state index in [0.717, 1.165) is 12.3 Å². The van der Waals surface area contributed by atoms with Gasteiger partial charge >= 0.3 is 5.97 Å². The van der Waals surface area contributed by atoms with Gasteiger partial charge in [-0.05, 0) is 67.1 Å². The van der Waals surface area contributed by atoms with E-state index >= 15 is 0 Å². The maximum atomic E-state index is 11.8. The Kier molecular flexibility index (Phi) is 4.16. The lowest BCUT2D eigenvalue weighted by Crippen LogP contribution is -2.33. The molecule has 3 rings (SSSR count). The van der Waals surface area contributed by atoms with Crippen molar-refractivity contribution in [2.24, 2.45) is 28.6 Å². The molecule has 3 aliphatic carbocycles. The summed E-state index contributed by atoms with van der Waals surface area (Å²) in [5.74, 6) is 1.20. The van der Waals surface area contributed by atoms with E-state index in [9.17, 15) is 9.90 Å². The normalized spacial score (nSPS) is 38.4. The minimum absolute atomic E-state index is 0.332. The molecule has 0 amide bonds. The Balaban J connectivity index is 1.75. The van der Waals surface area contributed by atoms with Crippen LogP contribution in [0.15, 0.2) is 11.6 Å². The molecule has 3 saturated carbocycles. The summed E-state index contributed by atoms with van der Waals surface area (Å²) in [6.07, 6.45) is 13.0. The molecule has 0 aromatic heterocycles. The topological polar surface area (TPSA) is 37.3 Å². The first-order valence-corrected chi connectivity index (χ1v) is 9.28. The second kappa shape index (κ2) is 5.69. The van der Waals surface area contributed by atoms with Crippen LogP contribution in [0.2, 0.25) is 0 Å². The fourth-order valence-electron chi connectivity index (χ4n) is 5.76. The summed E-state index contributed by atoms with van der Waals surface area (Å²) in [5, 5.41) is 9.68. The van der Waals surface area contributed by atoms with E-state index < -0.39 is 5.97 Å². The standard InChI is InChI=1S/C20H32O2/c1-19(2)16-9-10-20(19,3)17(13-16)12-15(18(21)22)11-14-7-5-4-6-8-14/h11,14,16-17H,4-10,12-13H2,1-3H3,(H,21,22). The second-order valence-corrected chi connectivity index (χ2v) is 8.91. The minimum atomic E-state index is -0.672. The molecule has 2 heteroatoms. The van der Waals surface area contributed by atoms with Gasteiger partial charge in [-0.3, -0.25) is 0 Å². The molecule has 2 bridgehead atoms. The Labute approximate surface area is 135 Å². The van der Waals surface area contributed by atoms with Crippen LogP contribution >= 0.6 is 0 Å². The van der Waals surface area contributed by atoms with E-state index in [1.54, 1.807) is 0 Å². The molecule has 0 radical (unpaired) electrons. The van der Waals surface area contributed by atoms with Crippen LogP contribution in [0, 0.1) is 28.6 Å². The summed E-state index contributed by atoms with van der Waals surface area (Å²) in [5.41, 5.74) is 1.42. The van der Waals surface area contributed by atoms with E-state index in [0.29, 0.717) is 28.2 Å². The van der Waals surface area contributed by atoms with E-state index in [2.05, 4.69) is 26.8 Å². The van der Waals surface area contributed by atoms with Crippen LogP contribution in [-0.4, -0.2) is 11.1 Å². The average molecular weight is 304 g/mol. The third-order valence-corrected chi connectivity index (χ3v) is 7.80. The lowest BCUT2D eigenvalue weighted by atomic mass is 9.65. The van der Waals surface area contributed by atoms with E-state index in [1.807, 2.05) is 0 Å². The predicted molar refractivity (Wildman–Crippen MR) is 89.6 cm³/mol. The number of hydrogen-bond donors (Lipinski definition) is 1. The molecule has 0 heterocycles. The predicted octanol–water partition coefficient (Wildman–Crippen LogP) is 5.43. The molecule has 3 unspecified atom stereocenters. The van der Waals surface area contributed by atoms with Crippen molar-refractivity contribution in [1.82, 2.24) is 0 Å². The van der Waals surface area contributed by atoms with Gasteiger partial charge in [-0.15, -0.1) is 0 Å². The fourth-order valence-corrected chi connectivity index (χ4v) is 5.76. The third kappa shape index (κ3) is 2.53. The van der Waals surface area contributed by atoms with Crippen LogP contribution in [0.25, 0.3) is 0 Å². The lowest BCUT2D eigenvalue weighted by Gasteiger charge is -2.39. The van der Waals surface area contributed by atoms with Crippen LogP contribution in [0.1, 0.15) is 78.6 Å². The molecule has 1 N–H and O–H groups in total. The van der Waals surface area contributed by atoms with E-state index in [-0.39, 0.29) is 0 Å². The Hall–Kier alpha value is -0.790. The molecule has 0 aromatic rings. The quantitative estimate of drug-likeness (QED) is 0.703. The molecule has 22 heavy (non-hydrogen) atoms. The summed E-state index contributed by atoms with van der Waals surface area (Å²) < 4.78 is 0. The number of hydrogen-bond acceptors (Lipinski definition) is 1. The maximum absolute atomic E-state index is 11.8.